The summed E-state index contributed by atoms with van der Waals surface area (Å²) in [6.45, 7) is 1.88. The minimum atomic E-state index is -0.907. The number of aromatic carboxylic acids is 1. The number of halogens is 1. The van der Waals surface area contributed by atoms with E-state index in [0.29, 0.717) is 23.2 Å². The summed E-state index contributed by atoms with van der Waals surface area (Å²) in [7, 11) is 0. The second-order valence-electron chi connectivity index (χ2n) is 4.06. The molecular formula is C16H16ClNO4. The van der Waals surface area contributed by atoms with Crippen LogP contribution in [0.2, 0.25) is 0 Å². The number of benzene rings is 1. The maximum Gasteiger partial charge on any atom is 0.339 e. The summed E-state index contributed by atoms with van der Waals surface area (Å²) in [5.74, 6) is -1.30. The highest BCUT2D eigenvalue weighted by molar-refractivity contribution is 6.17. The van der Waals surface area contributed by atoms with Crippen LogP contribution in [-0.4, -0.2) is 28.1 Å². The van der Waals surface area contributed by atoms with Crippen molar-refractivity contribution in [3.05, 3.63) is 65.5 Å². The van der Waals surface area contributed by atoms with Gasteiger partial charge in [0.1, 0.15) is 0 Å². The Morgan fingerprint density at radius 2 is 1.86 bits per heavy atom. The normalized spacial score (nSPS) is 9.36. The summed E-state index contributed by atoms with van der Waals surface area (Å²) >= 11 is 5.20. The van der Waals surface area contributed by atoms with Gasteiger partial charge in [0.2, 0.25) is 0 Å². The number of carboxylic acid groups (broad SMARTS) is 1. The zero-order chi connectivity index (χ0) is 16.4. The monoisotopic (exact) mass is 321 g/mol. The van der Waals surface area contributed by atoms with Crippen molar-refractivity contribution in [2.75, 3.05) is 6.07 Å². The summed E-state index contributed by atoms with van der Waals surface area (Å²) in [5, 5.41) is 8.66. The maximum atomic E-state index is 10.9. The standard InChI is InChI=1S/C8H7ClO2.C8H9NO2/c9-6-11-8(10)7-4-2-1-3-5-7;1-2-7-6(8(10)11)4-3-5-9-7/h1-5H,6H2;3-5H,2H2,1H3,(H,10,11). The molecule has 0 saturated carbocycles. The molecule has 2 rings (SSSR count). The van der Waals surface area contributed by atoms with E-state index in [0.717, 1.165) is 0 Å². The van der Waals surface area contributed by atoms with Crippen molar-refractivity contribution >= 4 is 23.5 Å². The van der Waals surface area contributed by atoms with Gasteiger partial charge in [0.25, 0.3) is 0 Å². The minimum absolute atomic E-state index is 0.103. The van der Waals surface area contributed by atoms with E-state index < -0.39 is 5.97 Å². The molecule has 0 amide bonds. The first-order valence-corrected chi connectivity index (χ1v) is 7.08. The number of aromatic nitrogens is 1. The number of hydrogen-bond donors (Lipinski definition) is 1. The smallest absolute Gasteiger partial charge is 0.339 e. The Morgan fingerprint density at radius 1 is 1.18 bits per heavy atom. The quantitative estimate of drug-likeness (QED) is 0.690. The second kappa shape index (κ2) is 9.52. The molecule has 1 aromatic heterocycles. The molecule has 0 unspecified atom stereocenters. The molecule has 5 nitrogen and oxygen atoms in total. The number of carboxylic acids is 1. The maximum absolute atomic E-state index is 10.9. The second-order valence-corrected chi connectivity index (χ2v) is 4.28. The van der Waals surface area contributed by atoms with Gasteiger partial charge in [0.15, 0.2) is 6.07 Å². The van der Waals surface area contributed by atoms with Crippen molar-refractivity contribution < 1.29 is 19.4 Å². The molecule has 0 aliphatic carbocycles. The van der Waals surface area contributed by atoms with E-state index in [-0.39, 0.29) is 12.0 Å². The van der Waals surface area contributed by atoms with Crippen molar-refractivity contribution in [1.82, 2.24) is 4.98 Å². The van der Waals surface area contributed by atoms with E-state index in [9.17, 15) is 9.59 Å². The van der Waals surface area contributed by atoms with E-state index in [2.05, 4.69) is 9.72 Å². The highest BCUT2D eigenvalue weighted by atomic mass is 35.5. The van der Waals surface area contributed by atoms with Crippen LogP contribution in [0.1, 0.15) is 33.3 Å². The first-order chi connectivity index (χ1) is 10.6. The van der Waals surface area contributed by atoms with Crippen LogP contribution in [0.15, 0.2) is 48.7 Å². The summed E-state index contributed by atoms with van der Waals surface area (Å²) in [6.07, 6.45) is 2.26. The number of ether oxygens (including phenoxy) is 1. The van der Waals surface area contributed by atoms with Crippen LogP contribution in [-0.2, 0) is 11.2 Å². The lowest BCUT2D eigenvalue weighted by Gasteiger charge is -1.99. The Balaban J connectivity index is 0.000000220. The van der Waals surface area contributed by atoms with Gasteiger partial charge in [0, 0.05) is 6.20 Å². The van der Waals surface area contributed by atoms with Crippen LogP contribution < -0.4 is 0 Å². The Bertz CT molecular complexity index is 617. The molecule has 1 heterocycles. The van der Waals surface area contributed by atoms with Crippen LogP contribution in [0.4, 0.5) is 0 Å². The van der Waals surface area contributed by atoms with Crippen LogP contribution in [0.5, 0.6) is 0 Å². The van der Waals surface area contributed by atoms with Crippen LogP contribution >= 0.6 is 11.6 Å². The number of alkyl halides is 1. The first-order valence-electron chi connectivity index (χ1n) is 6.55. The zero-order valence-electron chi connectivity index (χ0n) is 12.0. The van der Waals surface area contributed by atoms with E-state index in [1.807, 2.05) is 13.0 Å². The third-order valence-electron chi connectivity index (χ3n) is 2.65. The van der Waals surface area contributed by atoms with Gasteiger partial charge in [-0.15, -0.1) is 0 Å². The van der Waals surface area contributed by atoms with Crippen molar-refractivity contribution in [3.8, 4) is 0 Å². The number of esters is 1. The lowest BCUT2D eigenvalue weighted by atomic mass is 10.1. The fourth-order valence-corrected chi connectivity index (χ4v) is 1.72. The van der Waals surface area contributed by atoms with Gasteiger partial charge in [0.05, 0.1) is 16.8 Å². The molecule has 0 aliphatic rings. The summed E-state index contributed by atoms with van der Waals surface area (Å²) in [4.78, 5) is 25.4. The van der Waals surface area contributed by atoms with Gasteiger partial charge in [-0.3, -0.25) is 4.98 Å². The summed E-state index contributed by atoms with van der Waals surface area (Å²) in [5.41, 5.74) is 1.46. The molecule has 6 heteroatoms. The topological polar surface area (TPSA) is 76.5 Å². The SMILES string of the molecule is CCc1ncccc1C(=O)O.O=C(OCCl)c1ccccc1. The van der Waals surface area contributed by atoms with E-state index in [1.54, 1.807) is 42.6 Å². The lowest BCUT2D eigenvalue weighted by Crippen LogP contribution is -2.02. The molecule has 0 fully saturated rings. The average molecular weight is 322 g/mol. The Kier molecular flexibility index (Phi) is 7.64. The number of nitrogens with zero attached hydrogens (tertiary/aromatic N) is 1. The van der Waals surface area contributed by atoms with Crippen molar-refractivity contribution in [3.63, 3.8) is 0 Å². The predicted octanol–water partition coefficient (Wildman–Crippen LogP) is 3.38. The highest BCUT2D eigenvalue weighted by Gasteiger charge is 2.07. The third-order valence-corrected chi connectivity index (χ3v) is 2.76. The van der Waals surface area contributed by atoms with Crippen molar-refractivity contribution in [2.24, 2.45) is 0 Å². The first kappa shape index (κ1) is 17.7. The summed E-state index contributed by atoms with van der Waals surface area (Å²) in [6, 6.07) is 11.8. The number of hydrogen-bond acceptors (Lipinski definition) is 4. The van der Waals surface area contributed by atoms with Crippen LogP contribution in [0.3, 0.4) is 0 Å². The fraction of sp³-hybridized carbons (Fsp3) is 0.188. The molecule has 0 spiro atoms. The number of carbonyl (C=O) groups is 2. The Hall–Kier alpha value is -2.40. The molecule has 0 saturated heterocycles. The Morgan fingerprint density at radius 3 is 2.36 bits per heavy atom. The van der Waals surface area contributed by atoms with Gasteiger partial charge in [-0.05, 0) is 30.7 Å². The zero-order valence-corrected chi connectivity index (χ0v) is 12.8. The average Bonchev–Trinajstić information content (AvgIpc) is 2.56. The van der Waals surface area contributed by atoms with Crippen molar-refractivity contribution in [1.29, 1.82) is 0 Å². The molecule has 0 aliphatic heterocycles. The number of rotatable bonds is 4. The van der Waals surface area contributed by atoms with Gasteiger partial charge >= 0.3 is 11.9 Å². The molecule has 1 aromatic carbocycles. The molecule has 116 valence electrons. The van der Waals surface area contributed by atoms with Crippen molar-refractivity contribution in [2.45, 2.75) is 13.3 Å². The molecule has 0 bridgehead atoms. The van der Waals surface area contributed by atoms with Gasteiger partial charge in [-0.2, -0.15) is 0 Å². The third kappa shape index (κ3) is 5.54. The van der Waals surface area contributed by atoms with Gasteiger partial charge in [-0.25, -0.2) is 9.59 Å². The van der Waals surface area contributed by atoms with E-state index >= 15 is 0 Å². The number of pyridine rings is 1. The van der Waals surface area contributed by atoms with Crippen LogP contribution in [0, 0.1) is 0 Å². The minimum Gasteiger partial charge on any atom is -0.478 e. The van der Waals surface area contributed by atoms with Gasteiger partial charge in [-0.1, -0.05) is 36.7 Å². The van der Waals surface area contributed by atoms with E-state index in [4.69, 9.17) is 16.7 Å². The largest absolute Gasteiger partial charge is 0.478 e. The predicted molar refractivity (Wildman–Crippen MR) is 83.2 cm³/mol. The lowest BCUT2D eigenvalue weighted by molar-refractivity contribution is 0.0573. The fourth-order valence-electron chi connectivity index (χ4n) is 1.62. The number of carbonyl (C=O) groups excluding carboxylic acids is 1. The molecule has 1 N–H and O–H groups in total. The highest BCUT2D eigenvalue weighted by Crippen LogP contribution is 2.05. The summed E-state index contributed by atoms with van der Waals surface area (Å²) < 4.78 is 4.55. The van der Waals surface area contributed by atoms with Gasteiger partial charge < -0.3 is 9.84 Å². The Labute approximate surface area is 133 Å². The molecule has 2 aromatic rings. The molecule has 0 radical (unpaired) electrons. The van der Waals surface area contributed by atoms with E-state index in [1.165, 1.54) is 0 Å². The molecular weight excluding hydrogens is 306 g/mol. The number of aryl methyl sites for hydroxylation is 1. The van der Waals surface area contributed by atoms with Crippen LogP contribution in [0.25, 0.3) is 0 Å². The molecule has 22 heavy (non-hydrogen) atoms. The molecule has 0 atom stereocenters.